The van der Waals surface area contributed by atoms with Crippen LogP contribution in [0, 0.1) is 23.7 Å². The van der Waals surface area contributed by atoms with Gasteiger partial charge in [-0.15, -0.1) is 0 Å². The van der Waals surface area contributed by atoms with Crippen LogP contribution in [0.5, 0.6) is 0 Å². The Labute approximate surface area is 102 Å². The number of aliphatic hydroxyl groups is 1. The van der Waals surface area contributed by atoms with Crippen molar-refractivity contribution in [3.63, 3.8) is 0 Å². The van der Waals surface area contributed by atoms with Crippen molar-refractivity contribution in [3.8, 4) is 0 Å². The van der Waals surface area contributed by atoms with Crippen LogP contribution in [0.3, 0.4) is 0 Å². The van der Waals surface area contributed by atoms with E-state index in [1.807, 2.05) is 0 Å². The molecule has 0 amide bonds. The second kappa shape index (κ2) is 5.19. The first-order valence-electron chi connectivity index (χ1n) is 6.15. The van der Waals surface area contributed by atoms with Crippen molar-refractivity contribution in [1.82, 2.24) is 0 Å². The molecule has 1 fully saturated rings. The van der Waals surface area contributed by atoms with Crippen LogP contribution in [0.1, 0.15) is 19.8 Å². The summed E-state index contributed by atoms with van der Waals surface area (Å²) in [6, 6.07) is 0. The smallest absolute Gasteiger partial charge is 0.313 e. The van der Waals surface area contributed by atoms with Crippen LogP contribution in [0.25, 0.3) is 0 Å². The number of hydrogen-bond acceptors (Lipinski definition) is 4. The third kappa shape index (κ3) is 2.53. The Kier molecular flexibility index (Phi) is 3.84. The van der Waals surface area contributed by atoms with Gasteiger partial charge in [0, 0.05) is 7.11 Å². The van der Waals surface area contributed by atoms with E-state index in [0.717, 1.165) is 12.8 Å². The van der Waals surface area contributed by atoms with Crippen LogP contribution >= 0.6 is 0 Å². The highest BCUT2D eigenvalue weighted by atomic mass is 16.7. The number of fused-ring (bicyclic) bond motifs is 2. The second-order valence-electron chi connectivity index (χ2n) is 5.08. The van der Waals surface area contributed by atoms with E-state index < -0.39 is 12.0 Å². The van der Waals surface area contributed by atoms with Gasteiger partial charge in [0.05, 0.1) is 12.0 Å². The molecule has 2 aliphatic carbocycles. The average Bonchev–Trinajstić information content (AvgIpc) is 2.88. The summed E-state index contributed by atoms with van der Waals surface area (Å²) in [5.74, 6) is 0.462. The fourth-order valence-corrected chi connectivity index (χ4v) is 3.18. The summed E-state index contributed by atoms with van der Waals surface area (Å²) >= 11 is 0. The van der Waals surface area contributed by atoms with Crippen molar-refractivity contribution in [2.45, 2.75) is 25.9 Å². The monoisotopic (exact) mass is 240 g/mol. The molecule has 0 aliphatic heterocycles. The van der Waals surface area contributed by atoms with Gasteiger partial charge in [-0.3, -0.25) is 4.79 Å². The highest BCUT2D eigenvalue weighted by Gasteiger charge is 2.45. The van der Waals surface area contributed by atoms with Crippen LogP contribution in [0.4, 0.5) is 0 Å². The predicted molar refractivity (Wildman–Crippen MR) is 62.0 cm³/mol. The number of hydrogen-bond donors (Lipinski definition) is 1. The average molecular weight is 240 g/mol. The minimum absolute atomic E-state index is 0.0429. The summed E-state index contributed by atoms with van der Waals surface area (Å²) in [7, 11) is 1.48. The number of methoxy groups -OCH3 is 1. The van der Waals surface area contributed by atoms with Crippen LogP contribution in [0.2, 0.25) is 0 Å². The van der Waals surface area contributed by atoms with Crippen LogP contribution in [0.15, 0.2) is 12.2 Å². The van der Waals surface area contributed by atoms with Crippen LogP contribution < -0.4 is 0 Å². The summed E-state index contributed by atoms with van der Waals surface area (Å²) in [5.41, 5.74) is 0. The quantitative estimate of drug-likeness (QED) is 0.447. The van der Waals surface area contributed by atoms with Gasteiger partial charge in [-0.2, -0.15) is 0 Å². The highest BCUT2D eigenvalue weighted by molar-refractivity contribution is 5.73. The number of carbonyl (C=O) groups is 1. The molecule has 0 heterocycles. The molecule has 0 saturated heterocycles. The molecule has 0 aromatic carbocycles. The molecule has 0 aromatic rings. The van der Waals surface area contributed by atoms with E-state index in [2.05, 4.69) is 12.2 Å². The fraction of sp³-hybridized carbons (Fsp3) is 0.769. The first-order chi connectivity index (χ1) is 8.13. The van der Waals surface area contributed by atoms with Gasteiger partial charge in [-0.1, -0.05) is 12.2 Å². The van der Waals surface area contributed by atoms with Crippen LogP contribution in [-0.2, 0) is 14.3 Å². The van der Waals surface area contributed by atoms with Crippen molar-refractivity contribution in [2.75, 3.05) is 13.9 Å². The number of rotatable bonds is 5. The molecule has 5 unspecified atom stereocenters. The van der Waals surface area contributed by atoms with Gasteiger partial charge in [-0.05, 0) is 37.5 Å². The minimum atomic E-state index is -0.669. The van der Waals surface area contributed by atoms with Crippen molar-refractivity contribution in [2.24, 2.45) is 23.7 Å². The molecule has 1 N–H and O–H groups in total. The van der Waals surface area contributed by atoms with Gasteiger partial charge >= 0.3 is 5.97 Å². The first-order valence-corrected chi connectivity index (χ1v) is 6.15. The number of ether oxygens (including phenoxy) is 2. The molecule has 2 rings (SSSR count). The molecule has 2 bridgehead atoms. The normalized spacial score (nSPS) is 33.7. The standard InChI is InChI=1S/C13H20O4/c1-8(14)12(13(15)17-7-16-2)11-6-9-3-4-10(11)5-9/h3-4,8-12,14H,5-7H2,1-2H3. The molecule has 17 heavy (non-hydrogen) atoms. The van der Waals surface area contributed by atoms with E-state index in [1.165, 1.54) is 7.11 Å². The summed E-state index contributed by atoms with van der Waals surface area (Å²) in [6.45, 7) is 1.62. The van der Waals surface area contributed by atoms with E-state index in [4.69, 9.17) is 9.47 Å². The van der Waals surface area contributed by atoms with Gasteiger partial charge in [0.15, 0.2) is 6.79 Å². The van der Waals surface area contributed by atoms with Gasteiger partial charge < -0.3 is 14.6 Å². The molecule has 5 atom stereocenters. The maximum Gasteiger partial charge on any atom is 0.313 e. The molecule has 2 aliphatic rings. The number of allylic oxidation sites excluding steroid dienone is 2. The maximum atomic E-state index is 11.9. The predicted octanol–water partition coefficient (Wildman–Crippen LogP) is 1.34. The third-order valence-electron chi connectivity index (χ3n) is 3.90. The van der Waals surface area contributed by atoms with Gasteiger partial charge in [-0.25, -0.2) is 0 Å². The zero-order valence-corrected chi connectivity index (χ0v) is 10.3. The summed E-state index contributed by atoms with van der Waals surface area (Å²) in [6.07, 6.45) is 5.83. The lowest BCUT2D eigenvalue weighted by Gasteiger charge is -2.28. The lowest BCUT2D eigenvalue weighted by molar-refractivity contribution is -0.165. The van der Waals surface area contributed by atoms with Gasteiger partial charge in [0.2, 0.25) is 0 Å². The summed E-state index contributed by atoms with van der Waals surface area (Å²) in [5, 5.41) is 9.80. The largest absolute Gasteiger partial charge is 0.438 e. The van der Waals surface area contributed by atoms with Crippen LogP contribution in [-0.4, -0.2) is 31.1 Å². The molecular weight excluding hydrogens is 220 g/mol. The molecule has 4 heteroatoms. The Morgan fingerprint density at radius 3 is 2.71 bits per heavy atom. The minimum Gasteiger partial charge on any atom is -0.438 e. The number of esters is 1. The molecule has 0 radical (unpaired) electrons. The van der Waals surface area contributed by atoms with E-state index >= 15 is 0 Å². The lowest BCUT2D eigenvalue weighted by atomic mass is 9.79. The number of carbonyl (C=O) groups excluding carboxylic acids is 1. The topological polar surface area (TPSA) is 55.8 Å². The van der Waals surface area contributed by atoms with E-state index in [1.54, 1.807) is 6.92 Å². The van der Waals surface area contributed by atoms with E-state index in [0.29, 0.717) is 11.8 Å². The Morgan fingerprint density at radius 1 is 1.47 bits per heavy atom. The number of aliphatic hydroxyl groups excluding tert-OH is 1. The van der Waals surface area contributed by atoms with Crippen molar-refractivity contribution in [3.05, 3.63) is 12.2 Å². The zero-order valence-electron chi connectivity index (χ0n) is 10.3. The van der Waals surface area contributed by atoms with Gasteiger partial charge in [0.25, 0.3) is 0 Å². The van der Waals surface area contributed by atoms with Crippen molar-refractivity contribution >= 4 is 5.97 Å². The molecule has 4 nitrogen and oxygen atoms in total. The Balaban J connectivity index is 2.02. The summed E-state index contributed by atoms with van der Waals surface area (Å²) < 4.78 is 9.72. The van der Waals surface area contributed by atoms with Crippen molar-refractivity contribution < 1.29 is 19.4 Å². The highest BCUT2D eigenvalue weighted by Crippen LogP contribution is 2.47. The van der Waals surface area contributed by atoms with E-state index in [-0.39, 0.29) is 18.7 Å². The molecule has 1 saturated carbocycles. The zero-order chi connectivity index (χ0) is 12.4. The second-order valence-corrected chi connectivity index (χ2v) is 5.08. The van der Waals surface area contributed by atoms with E-state index in [9.17, 15) is 9.90 Å². The Bertz CT molecular complexity index is 311. The maximum absolute atomic E-state index is 11.9. The first kappa shape index (κ1) is 12.6. The molecular formula is C13H20O4. The SMILES string of the molecule is COCOC(=O)C(C(C)O)C1CC2C=CC1C2. The Hall–Kier alpha value is -0.870. The lowest BCUT2D eigenvalue weighted by Crippen LogP contribution is -2.36. The Morgan fingerprint density at radius 2 is 2.24 bits per heavy atom. The summed E-state index contributed by atoms with van der Waals surface area (Å²) in [4.78, 5) is 11.9. The van der Waals surface area contributed by atoms with Gasteiger partial charge in [0.1, 0.15) is 0 Å². The fourth-order valence-electron chi connectivity index (χ4n) is 3.18. The molecule has 96 valence electrons. The van der Waals surface area contributed by atoms with Crippen molar-refractivity contribution in [1.29, 1.82) is 0 Å². The molecule has 0 aromatic heterocycles. The molecule has 0 spiro atoms. The third-order valence-corrected chi connectivity index (χ3v) is 3.90.